The minimum absolute atomic E-state index is 0.0172. The molecule has 4 nitrogen and oxygen atoms in total. The van der Waals surface area contributed by atoms with Crippen molar-refractivity contribution < 1.29 is 9.53 Å². The molecule has 1 aliphatic heterocycles. The van der Waals surface area contributed by atoms with E-state index in [1.165, 1.54) is 0 Å². The molecule has 3 atom stereocenters. The molecule has 18 heavy (non-hydrogen) atoms. The second-order valence-electron chi connectivity index (χ2n) is 6.35. The largest absolute Gasteiger partial charge is 0.378 e. The Balaban J connectivity index is 2.45. The van der Waals surface area contributed by atoms with E-state index in [9.17, 15) is 4.79 Å². The molecule has 0 spiro atoms. The predicted octanol–water partition coefficient (Wildman–Crippen LogP) is 1.82. The van der Waals surface area contributed by atoms with E-state index in [4.69, 9.17) is 10.5 Å². The van der Waals surface area contributed by atoms with Crippen LogP contribution in [0.3, 0.4) is 0 Å². The number of amides is 1. The highest BCUT2D eigenvalue weighted by atomic mass is 16.5. The van der Waals surface area contributed by atoms with Crippen molar-refractivity contribution >= 4 is 5.91 Å². The summed E-state index contributed by atoms with van der Waals surface area (Å²) < 4.78 is 5.78. The lowest BCUT2D eigenvalue weighted by Gasteiger charge is -2.38. The zero-order chi connectivity index (χ0) is 13.8. The molecule has 0 aromatic carbocycles. The highest BCUT2D eigenvalue weighted by Crippen LogP contribution is 2.29. The molecule has 1 fully saturated rings. The van der Waals surface area contributed by atoms with Crippen molar-refractivity contribution in [1.29, 1.82) is 0 Å². The van der Waals surface area contributed by atoms with Crippen LogP contribution in [0.1, 0.15) is 53.4 Å². The second kappa shape index (κ2) is 6.53. The molecular weight excluding hydrogens is 228 g/mol. The Labute approximate surface area is 111 Å². The van der Waals surface area contributed by atoms with Crippen LogP contribution in [-0.4, -0.2) is 30.7 Å². The molecule has 0 bridgehead atoms. The van der Waals surface area contributed by atoms with Gasteiger partial charge in [0, 0.05) is 12.6 Å². The third-order valence-electron chi connectivity index (χ3n) is 3.53. The average Bonchev–Trinajstić information content (AvgIpc) is 2.28. The number of ether oxygens (including phenoxy) is 1. The van der Waals surface area contributed by atoms with Crippen molar-refractivity contribution in [2.24, 2.45) is 11.1 Å². The normalized spacial score (nSPS) is 26.7. The summed E-state index contributed by atoms with van der Waals surface area (Å²) in [4.78, 5) is 11.9. The lowest BCUT2D eigenvalue weighted by Crippen LogP contribution is -2.50. The van der Waals surface area contributed by atoms with Crippen LogP contribution in [-0.2, 0) is 9.53 Å². The number of hydrogen-bond donors (Lipinski definition) is 2. The van der Waals surface area contributed by atoms with Crippen LogP contribution >= 0.6 is 0 Å². The van der Waals surface area contributed by atoms with E-state index in [1.807, 2.05) is 6.92 Å². The first-order valence-electron chi connectivity index (χ1n) is 7.02. The SMILES string of the molecule is CCCC(N)C(=O)NC1CCOC(C(C)(C)C)C1. The summed E-state index contributed by atoms with van der Waals surface area (Å²) in [6, 6.07) is -0.163. The fourth-order valence-electron chi connectivity index (χ4n) is 2.28. The molecule has 3 unspecified atom stereocenters. The van der Waals surface area contributed by atoms with Gasteiger partial charge in [0.05, 0.1) is 12.1 Å². The molecule has 4 heteroatoms. The van der Waals surface area contributed by atoms with E-state index in [-0.39, 0.29) is 29.5 Å². The number of carbonyl (C=O) groups excluding carboxylic acids is 1. The standard InChI is InChI=1S/C14H28N2O2/c1-5-6-11(15)13(17)16-10-7-8-18-12(9-10)14(2,3)4/h10-12H,5-9,15H2,1-4H3,(H,16,17). The summed E-state index contributed by atoms with van der Waals surface area (Å²) in [5, 5.41) is 3.06. The van der Waals surface area contributed by atoms with Gasteiger partial charge in [0.15, 0.2) is 0 Å². The first-order chi connectivity index (χ1) is 8.34. The summed E-state index contributed by atoms with van der Waals surface area (Å²) in [6.07, 6.45) is 3.66. The Morgan fingerprint density at radius 2 is 2.17 bits per heavy atom. The van der Waals surface area contributed by atoms with Crippen molar-refractivity contribution in [3.8, 4) is 0 Å². The van der Waals surface area contributed by atoms with Crippen molar-refractivity contribution in [3.05, 3.63) is 0 Å². The van der Waals surface area contributed by atoms with Gasteiger partial charge in [0.25, 0.3) is 0 Å². The zero-order valence-corrected chi connectivity index (χ0v) is 12.2. The van der Waals surface area contributed by atoms with E-state index in [2.05, 4.69) is 26.1 Å². The molecule has 0 saturated carbocycles. The van der Waals surface area contributed by atoms with Crippen molar-refractivity contribution in [2.75, 3.05) is 6.61 Å². The van der Waals surface area contributed by atoms with E-state index < -0.39 is 0 Å². The fourth-order valence-corrected chi connectivity index (χ4v) is 2.28. The van der Waals surface area contributed by atoms with Gasteiger partial charge in [-0.3, -0.25) is 4.79 Å². The number of nitrogens with one attached hydrogen (secondary N) is 1. The molecule has 1 aliphatic rings. The van der Waals surface area contributed by atoms with Crippen LogP contribution in [0.4, 0.5) is 0 Å². The molecule has 1 heterocycles. The van der Waals surface area contributed by atoms with Crippen LogP contribution < -0.4 is 11.1 Å². The topological polar surface area (TPSA) is 64.4 Å². The minimum Gasteiger partial charge on any atom is -0.378 e. The maximum atomic E-state index is 11.9. The van der Waals surface area contributed by atoms with Crippen molar-refractivity contribution in [1.82, 2.24) is 5.32 Å². The van der Waals surface area contributed by atoms with Gasteiger partial charge in [-0.25, -0.2) is 0 Å². The van der Waals surface area contributed by atoms with Crippen LogP contribution in [0.2, 0.25) is 0 Å². The Bertz CT molecular complexity index is 273. The van der Waals surface area contributed by atoms with Gasteiger partial charge in [-0.2, -0.15) is 0 Å². The molecule has 0 radical (unpaired) electrons. The van der Waals surface area contributed by atoms with Gasteiger partial charge in [0.1, 0.15) is 0 Å². The summed E-state index contributed by atoms with van der Waals surface area (Å²) >= 11 is 0. The van der Waals surface area contributed by atoms with Crippen LogP contribution in [0, 0.1) is 5.41 Å². The molecule has 1 saturated heterocycles. The summed E-state index contributed by atoms with van der Waals surface area (Å²) in [5.74, 6) is -0.0172. The molecule has 1 amide bonds. The maximum Gasteiger partial charge on any atom is 0.237 e. The number of rotatable bonds is 4. The van der Waals surface area contributed by atoms with E-state index >= 15 is 0 Å². The highest BCUT2D eigenvalue weighted by Gasteiger charge is 2.32. The molecule has 106 valence electrons. The van der Waals surface area contributed by atoms with E-state index in [0.29, 0.717) is 0 Å². The Hall–Kier alpha value is -0.610. The monoisotopic (exact) mass is 256 g/mol. The smallest absolute Gasteiger partial charge is 0.237 e. The average molecular weight is 256 g/mol. The molecule has 0 aliphatic carbocycles. The lowest BCUT2D eigenvalue weighted by atomic mass is 9.83. The summed E-state index contributed by atoms with van der Waals surface area (Å²) in [7, 11) is 0. The number of carbonyl (C=O) groups is 1. The van der Waals surface area contributed by atoms with E-state index in [1.54, 1.807) is 0 Å². The van der Waals surface area contributed by atoms with Gasteiger partial charge >= 0.3 is 0 Å². The summed E-state index contributed by atoms with van der Waals surface area (Å²) in [5.41, 5.74) is 5.94. The first kappa shape index (κ1) is 15.4. The second-order valence-corrected chi connectivity index (χ2v) is 6.35. The van der Waals surface area contributed by atoms with Gasteiger partial charge in [0.2, 0.25) is 5.91 Å². The molecule has 0 aromatic rings. The third-order valence-corrected chi connectivity index (χ3v) is 3.53. The van der Waals surface area contributed by atoms with Crippen LogP contribution in [0.5, 0.6) is 0 Å². The Kier molecular flexibility index (Phi) is 5.60. The van der Waals surface area contributed by atoms with Crippen LogP contribution in [0.15, 0.2) is 0 Å². The molecular formula is C14H28N2O2. The molecule has 0 aromatic heterocycles. The quantitative estimate of drug-likeness (QED) is 0.806. The predicted molar refractivity (Wildman–Crippen MR) is 73.2 cm³/mol. The Morgan fingerprint density at radius 3 is 2.72 bits per heavy atom. The molecule has 3 N–H and O–H groups in total. The minimum atomic E-state index is -0.370. The van der Waals surface area contributed by atoms with Gasteiger partial charge in [-0.15, -0.1) is 0 Å². The zero-order valence-electron chi connectivity index (χ0n) is 12.2. The Morgan fingerprint density at radius 1 is 1.50 bits per heavy atom. The molecule has 1 rings (SSSR count). The summed E-state index contributed by atoms with van der Waals surface area (Å²) in [6.45, 7) is 9.27. The third kappa shape index (κ3) is 4.58. The van der Waals surface area contributed by atoms with Crippen molar-refractivity contribution in [3.63, 3.8) is 0 Å². The maximum absolute atomic E-state index is 11.9. The fraction of sp³-hybridized carbons (Fsp3) is 0.929. The number of hydrogen-bond acceptors (Lipinski definition) is 3. The van der Waals surface area contributed by atoms with Gasteiger partial charge in [-0.05, 0) is 24.7 Å². The van der Waals surface area contributed by atoms with E-state index in [0.717, 1.165) is 32.3 Å². The van der Waals surface area contributed by atoms with Crippen LogP contribution in [0.25, 0.3) is 0 Å². The van der Waals surface area contributed by atoms with Gasteiger partial charge < -0.3 is 15.8 Å². The van der Waals surface area contributed by atoms with Gasteiger partial charge in [-0.1, -0.05) is 34.1 Å². The first-order valence-corrected chi connectivity index (χ1v) is 7.02. The van der Waals surface area contributed by atoms with Crippen molar-refractivity contribution in [2.45, 2.75) is 71.6 Å². The number of nitrogens with two attached hydrogens (primary N) is 1. The lowest BCUT2D eigenvalue weighted by molar-refractivity contribution is -0.125. The highest BCUT2D eigenvalue weighted by molar-refractivity contribution is 5.81.